The topological polar surface area (TPSA) is 88.0 Å². The second-order valence-corrected chi connectivity index (χ2v) is 7.11. The number of nitro benzene ring substituents is 1. The summed E-state index contributed by atoms with van der Waals surface area (Å²) in [6.07, 6.45) is 0. The summed E-state index contributed by atoms with van der Waals surface area (Å²) in [5.41, 5.74) is 1.53. The van der Waals surface area contributed by atoms with Gasteiger partial charge >= 0.3 is 0 Å². The molecule has 154 valence electrons. The molecule has 29 heavy (non-hydrogen) atoms. The van der Waals surface area contributed by atoms with Crippen molar-refractivity contribution >= 4 is 34.6 Å². The van der Waals surface area contributed by atoms with Crippen LogP contribution in [0.3, 0.4) is 0 Å². The fraction of sp³-hybridized carbons (Fsp3) is 0.350. The zero-order chi connectivity index (χ0) is 20.8. The number of piperazine rings is 1. The summed E-state index contributed by atoms with van der Waals surface area (Å²) < 4.78 is 5.43. The lowest BCUT2D eigenvalue weighted by Crippen LogP contribution is -2.46. The molecule has 2 aromatic rings. The molecule has 8 nitrogen and oxygen atoms in total. The van der Waals surface area contributed by atoms with Crippen LogP contribution in [-0.2, 0) is 4.79 Å². The Labute approximate surface area is 174 Å². The first kappa shape index (κ1) is 20.9. The highest BCUT2D eigenvalue weighted by molar-refractivity contribution is 6.31. The van der Waals surface area contributed by atoms with E-state index in [0.717, 1.165) is 38.4 Å². The van der Waals surface area contributed by atoms with Gasteiger partial charge in [0.2, 0.25) is 0 Å². The van der Waals surface area contributed by atoms with Crippen molar-refractivity contribution in [1.29, 1.82) is 0 Å². The van der Waals surface area contributed by atoms with E-state index in [1.165, 1.54) is 24.3 Å². The number of halogens is 1. The minimum atomic E-state index is -0.489. The molecular formula is C20H23ClN4O4. The Kier molecular flexibility index (Phi) is 6.90. The second-order valence-electron chi connectivity index (χ2n) is 6.67. The Morgan fingerprint density at radius 1 is 1.17 bits per heavy atom. The van der Waals surface area contributed by atoms with Gasteiger partial charge < -0.3 is 19.9 Å². The fourth-order valence-corrected chi connectivity index (χ4v) is 3.36. The number of nitrogens with zero attached hydrogens (tertiary/aromatic N) is 3. The maximum atomic E-state index is 12.4. The normalized spacial score (nSPS) is 14.5. The zero-order valence-corrected chi connectivity index (χ0v) is 16.9. The molecule has 1 fully saturated rings. The SMILES string of the molecule is CCN1CCN(c2ccc(Cl)cc2NC(=O)COc2ccc([N+](=O)[O-])cc2)CC1. The van der Waals surface area contributed by atoms with Gasteiger partial charge in [0, 0.05) is 43.3 Å². The Bertz CT molecular complexity index is 867. The van der Waals surface area contributed by atoms with Gasteiger partial charge in [0.25, 0.3) is 11.6 Å². The number of carbonyl (C=O) groups is 1. The molecule has 0 atom stereocenters. The maximum Gasteiger partial charge on any atom is 0.269 e. The van der Waals surface area contributed by atoms with Crippen molar-refractivity contribution in [2.45, 2.75) is 6.92 Å². The fourth-order valence-electron chi connectivity index (χ4n) is 3.19. The molecular weight excluding hydrogens is 396 g/mol. The first-order valence-electron chi connectivity index (χ1n) is 9.40. The number of nitrogens with one attached hydrogen (secondary N) is 1. The Morgan fingerprint density at radius 2 is 1.86 bits per heavy atom. The molecule has 9 heteroatoms. The maximum absolute atomic E-state index is 12.4. The average molecular weight is 419 g/mol. The second kappa shape index (κ2) is 9.58. The van der Waals surface area contributed by atoms with Gasteiger partial charge in [-0.2, -0.15) is 0 Å². The Morgan fingerprint density at radius 3 is 2.48 bits per heavy atom. The van der Waals surface area contributed by atoms with Gasteiger partial charge in [-0.15, -0.1) is 0 Å². The minimum Gasteiger partial charge on any atom is -0.484 e. The van der Waals surface area contributed by atoms with E-state index in [0.29, 0.717) is 16.5 Å². The van der Waals surface area contributed by atoms with Crippen LogP contribution in [-0.4, -0.2) is 55.1 Å². The van der Waals surface area contributed by atoms with Gasteiger partial charge in [0.1, 0.15) is 5.75 Å². The van der Waals surface area contributed by atoms with Crippen LogP contribution in [0.1, 0.15) is 6.92 Å². The lowest BCUT2D eigenvalue weighted by atomic mass is 10.2. The smallest absolute Gasteiger partial charge is 0.269 e. The molecule has 0 radical (unpaired) electrons. The molecule has 1 amide bonds. The number of nitro groups is 1. The number of rotatable bonds is 7. The third-order valence-electron chi connectivity index (χ3n) is 4.81. The van der Waals surface area contributed by atoms with Gasteiger partial charge in [0.05, 0.1) is 16.3 Å². The summed E-state index contributed by atoms with van der Waals surface area (Å²) in [7, 11) is 0. The average Bonchev–Trinajstić information content (AvgIpc) is 2.73. The molecule has 1 heterocycles. The van der Waals surface area contributed by atoms with E-state index in [2.05, 4.69) is 22.0 Å². The molecule has 0 bridgehead atoms. The van der Waals surface area contributed by atoms with E-state index >= 15 is 0 Å². The van der Waals surface area contributed by atoms with Gasteiger partial charge in [-0.1, -0.05) is 18.5 Å². The minimum absolute atomic E-state index is 0.0338. The summed E-state index contributed by atoms with van der Waals surface area (Å²) in [6, 6.07) is 11.0. The Balaban J connectivity index is 1.62. The van der Waals surface area contributed by atoms with Crippen molar-refractivity contribution < 1.29 is 14.5 Å². The molecule has 0 aliphatic carbocycles. The molecule has 1 aliphatic heterocycles. The first-order valence-corrected chi connectivity index (χ1v) is 9.78. The molecule has 0 saturated carbocycles. The predicted molar refractivity (Wildman–Crippen MR) is 113 cm³/mol. The monoisotopic (exact) mass is 418 g/mol. The predicted octanol–water partition coefficient (Wildman–Crippen LogP) is 3.41. The number of amides is 1. The molecule has 2 aromatic carbocycles. The van der Waals surface area contributed by atoms with Crippen LogP contribution in [0.15, 0.2) is 42.5 Å². The number of carbonyl (C=O) groups excluding carboxylic acids is 1. The van der Waals surface area contributed by atoms with Gasteiger partial charge in [-0.05, 0) is 36.9 Å². The van der Waals surface area contributed by atoms with Gasteiger partial charge in [-0.25, -0.2) is 0 Å². The van der Waals surface area contributed by atoms with E-state index in [9.17, 15) is 14.9 Å². The van der Waals surface area contributed by atoms with Crippen LogP contribution >= 0.6 is 11.6 Å². The number of anilines is 2. The number of ether oxygens (including phenoxy) is 1. The lowest BCUT2D eigenvalue weighted by Gasteiger charge is -2.36. The van der Waals surface area contributed by atoms with E-state index in [4.69, 9.17) is 16.3 Å². The first-order chi connectivity index (χ1) is 14.0. The van der Waals surface area contributed by atoms with Crippen LogP contribution < -0.4 is 15.0 Å². The highest BCUT2D eigenvalue weighted by Gasteiger charge is 2.19. The summed E-state index contributed by atoms with van der Waals surface area (Å²) in [6.45, 7) is 6.64. The zero-order valence-electron chi connectivity index (χ0n) is 16.1. The summed E-state index contributed by atoms with van der Waals surface area (Å²) in [4.78, 5) is 27.2. The molecule has 0 unspecified atom stereocenters. The molecule has 0 spiro atoms. The largest absolute Gasteiger partial charge is 0.484 e. The van der Waals surface area contributed by atoms with Crippen molar-refractivity contribution in [3.05, 3.63) is 57.6 Å². The van der Waals surface area contributed by atoms with Crippen molar-refractivity contribution in [2.75, 3.05) is 49.5 Å². The van der Waals surface area contributed by atoms with Crippen LogP contribution in [0.25, 0.3) is 0 Å². The standard InChI is InChI=1S/C20H23ClN4O4/c1-2-23-9-11-24(12-10-23)19-8-3-15(21)13-18(19)22-20(26)14-29-17-6-4-16(5-7-17)25(27)28/h3-8,13H,2,9-12,14H2,1H3,(H,22,26). The molecule has 1 aliphatic rings. The van der Waals surface area contributed by atoms with Crippen molar-refractivity contribution in [1.82, 2.24) is 4.90 Å². The summed E-state index contributed by atoms with van der Waals surface area (Å²) in [5.74, 6) is 0.0480. The molecule has 1 N–H and O–H groups in total. The molecule has 0 aromatic heterocycles. The third-order valence-corrected chi connectivity index (χ3v) is 5.05. The molecule has 1 saturated heterocycles. The van der Waals surface area contributed by atoms with Gasteiger partial charge in [0.15, 0.2) is 6.61 Å². The number of benzene rings is 2. The van der Waals surface area contributed by atoms with E-state index in [-0.39, 0.29) is 18.2 Å². The van der Waals surface area contributed by atoms with Crippen molar-refractivity contribution in [2.24, 2.45) is 0 Å². The Hall–Kier alpha value is -2.84. The number of likely N-dealkylation sites (N-methyl/N-ethyl adjacent to an activating group) is 1. The summed E-state index contributed by atoms with van der Waals surface area (Å²) in [5, 5.41) is 14.1. The quantitative estimate of drug-likeness (QED) is 0.547. The van der Waals surface area contributed by atoms with Crippen LogP contribution in [0.5, 0.6) is 5.75 Å². The summed E-state index contributed by atoms with van der Waals surface area (Å²) >= 11 is 6.13. The molecule has 3 rings (SSSR count). The van der Waals surface area contributed by atoms with Gasteiger partial charge in [-0.3, -0.25) is 14.9 Å². The van der Waals surface area contributed by atoms with Crippen LogP contribution in [0.2, 0.25) is 5.02 Å². The van der Waals surface area contributed by atoms with E-state index in [1.807, 2.05) is 12.1 Å². The van der Waals surface area contributed by atoms with Crippen molar-refractivity contribution in [3.8, 4) is 5.75 Å². The lowest BCUT2D eigenvalue weighted by molar-refractivity contribution is -0.384. The van der Waals surface area contributed by atoms with Crippen molar-refractivity contribution in [3.63, 3.8) is 0 Å². The number of hydrogen-bond donors (Lipinski definition) is 1. The van der Waals surface area contributed by atoms with E-state index < -0.39 is 4.92 Å². The van der Waals surface area contributed by atoms with E-state index in [1.54, 1.807) is 6.07 Å². The highest BCUT2D eigenvalue weighted by atomic mass is 35.5. The van der Waals surface area contributed by atoms with Crippen LogP contribution in [0.4, 0.5) is 17.1 Å². The number of hydrogen-bond acceptors (Lipinski definition) is 6. The third kappa shape index (κ3) is 5.58. The number of non-ortho nitro benzene ring substituents is 1. The highest BCUT2D eigenvalue weighted by Crippen LogP contribution is 2.30. The van der Waals surface area contributed by atoms with Crippen LogP contribution in [0, 0.1) is 10.1 Å².